The fourth-order valence-corrected chi connectivity index (χ4v) is 3.18. The van der Waals surface area contributed by atoms with Crippen molar-refractivity contribution in [1.29, 1.82) is 0 Å². The first-order valence-electron chi connectivity index (χ1n) is 7.27. The summed E-state index contributed by atoms with van der Waals surface area (Å²) in [7, 11) is 0. The summed E-state index contributed by atoms with van der Waals surface area (Å²) in [5.41, 5.74) is 1.01. The van der Waals surface area contributed by atoms with Gasteiger partial charge >= 0.3 is 0 Å². The molecule has 2 unspecified atom stereocenters. The van der Waals surface area contributed by atoms with Gasteiger partial charge in [-0.15, -0.1) is 11.3 Å². The lowest BCUT2D eigenvalue weighted by Gasteiger charge is -2.16. The van der Waals surface area contributed by atoms with E-state index >= 15 is 0 Å². The average Bonchev–Trinajstić information content (AvgIpc) is 2.79. The van der Waals surface area contributed by atoms with Gasteiger partial charge in [0.15, 0.2) is 0 Å². The largest absolute Gasteiger partial charge is 0.392 e. The summed E-state index contributed by atoms with van der Waals surface area (Å²) in [5.74, 6) is -0.0138. The van der Waals surface area contributed by atoms with Gasteiger partial charge < -0.3 is 10.4 Å². The summed E-state index contributed by atoms with van der Waals surface area (Å²) < 4.78 is 1.17. The molecule has 1 aromatic carbocycles. The number of amides is 1. The normalized spacial score (nSPS) is 14.3. The van der Waals surface area contributed by atoms with E-state index in [0.717, 1.165) is 10.5 Å². The SMILES string of the molecule is CC(Cc1nc2ccccc2s1)NC(=O)CC(O)C(C)C. The molecule has 0 aliphatic heterocycles. The van der Waals surface area contributed by atoms with Gasteiger partial charge in [0.1, 0.15) is 0 Å². The topological polar surface area (TPSA) is 62.2 Å². The number of thiazole rings is 1. The number of fused-ring (bicyclic) bond motifs is 1. The maximum atomic E-state index is 11.8. The maximum absolute atomic E-state index is 11.8. The van der Waals surface area contributed by atoms with Crippen molar-refractivity contribution in [3.63, 3.8) is 0 Å². The molecule has 0 radical (unpaired) electrons. The van der Waals surface area contributed by atoms with Crippen LogP contribution in [0.3, 0.4) is 0 Å². The molecule has 0 saturated heterocycles. The lowest BCUT2D eigenvalue weighted by Crippen LogP contribution is -2.36. The van der Waals surface area contributed by atoms with E-state index in [1.807, 2.05) is 39.0 Å². The highest BCUT2D eigenvalue weighted by Crippen LogP contribution is 2.22. The molecule has 2 atom stereocenters. The number of nitrogens with one attached hydrogen (secondary N) is 1. The predicted octanol–water partition coefficient (Wildman–Crippen LogP) is 2.75. The molecule has 0 bridgehead atoms. The van der Waals surface area contributed by atoms with Gasteiger partial charge in [0, 0.05) is 12.5 Å². The number of aliphatic hydroxyl groups excluding tert-OH is 1. The van der Waals surface area contributed by atoms with Crippen LogP contribution in [0.25, 0.3) is 10.2 Å². The van der Waals surface area contributed by atoms with Gasteiger partial charge in [-0.05, 0) is 25.0 Å². The Kier molecular flexibility index (Phi) is 5.31. The van der Waals surface area contributed by atoms with Crippen LogP contribution in [0.2, 0.25) is 0 Å². The highest BCUT2D eigenvalue weighted by atomic mass is 32.1. The van der Waals surface area contributed by atoms with Crippen LogP contribution in [0.4, 0.5) is 0 Å². The molecular weight excluding hydrogens is 284 g/mol. The number of aliphatic hydroxyl groups is 1. The Labute approximate surface area is 129 Å². The van der Waals surface area contributed by atoms with Crippen LogP contribution in [-0.2, 0) is 11.2 Å². The molecule has 0 saturated carbocycles. The molecule has 4 nitrogen and oxygen atoms in total. The predicted molar refractivity (Wildman–Crippen MR) is 86.4 cm³/mol. The Morgan fingerprint density at radius 2 is 2.05 bits per heavy atom. The smallest absolute Gasteiger partial charge is 0.222 e. The molecule has 2 aromatic rings. The number of rotatable bonds is 6. The Bertz CT molecular complexity index is 576. The summed E-state index contributed by atoms with van der Waals surface area (Å²) in [6.07, 6.45) is 0.282. The molecule has 2 N–H and O–H groups in total. The van der Waals surface area contributed by atoms with Crippen molar-refractivity contribution in [2.45, 2.75) is 45.8 Å². The first-order chi connectivity index (χ1) is 9.95. The van der Waals surface area contributed by atoms with Crippen molar-refractivity contribution in [1.82, 2.24) is 10.3 Å². The average molecular weight is 306 g/mol. The van der Waals surface area contributed by atoms with Crippen LogP contribution >= 0.6 is 11.3 Å². The molecular formula is C16H22N2O2S. The zero-order chi connectivity index (χ0) is 15.4. The van der Waals surface area contributed by atoms with Crippen molar-refractivity contribution < 1.29 is 9.90 Å². The molecule has 1 heterocycles. The van der Waals surface area contributed by atoms with Gasteiger partial charge in [-0.25, -0.2) is 4.98 Å². The number of benzene rings is 1. The van der Waals surface area contributed by atoms with Gasteiger partial charge in [0.2, 0.25) is 5.91 Å². The Balaban J connectivity index is 1.89. The molecule has 1 aromatic heterocycles. The molecule has 5 heteroatoms. The number of hydrogen-bond donors (Lipinski definition) is 2. The van der Waals surface area contributed by atoms with Crippen LogP contribution in [0.5, 0.6) is 0 Å². The quantitative estimate of drug-likeness (QED) is 0.862. The highest BCUT2D eigenvalue weighted by Gasteiger charge is 2.16. The van der Waals surface area contributed by atoms with E-state index in [0.29, 0.717) is 6.42 Å². The van der Waals surface area contributed by atoms with E-state index in [4.69, 9.17) is 0 Å². The molecule has 0 fully saturated rings. The van der Waals surface area contributed by atoms with Gasteiger partial charge in [-0.3, -0.25) is 4.79 Å². The van der Waals surface area contributed by atoms with Gasteiger partial charge in [-0.1, -0.05) is 26.0 Å². The van der Waals surface area contributed by atoms with Crippen LogP contribution < -0.4 is 5.32 Å². The van der Waals surface area contributed by atoms with Crippen LogP contribution in [0, 0.1) is 5.92 Å². The van der Waals surface area contributed by atoms with E-state index in [9.17, 15) is 9.90 Å². The standard InChI is InChI=1S/C16H22N2O2S/c1-10(2)13(19)9-15(20)17-11(3)8-16-18-12-6-4-5-7-14(12)21-16/h4-7,10-11,13,19H,8-9H2,1-3H3,(H,17,20). The van der Waals surface area contributed by atoms with Crippen molar-refractivity contribution >= 4 is 27.5 Å². The zero-order valence-corrected chi connectivity index (χ0v) is 13.5. The van der Waals surface area contributed by atoms with Gasteiger partial charge in [-0.2, -0.15) is 0 Å². The third kappa shape index (κ3) is 4.51. The van der Waals surface area contributed by atoms with E-state index in [2.05, 4.69) is 16.4 Å². The fraction of sp³-hybridized carbons (Fsp3) is 0.500. The van der Waals surface area contributed by atoms with Gasteiger partial charge in [0.25, 0.3) is 0 Å². The monoisotopic (exact) mass is 306 g/mol. The van der Waals surface area contributed by atoms with Crippen LogP contribution in [-0.4, -0.2) is 28.1 Å². The minimum absolute atomic E-state index is 0.0115. The molecule has 2 rings (SSSR count). The number of hydrogen-bond acceptors (Lipinski definition) is 4. The fourth-order valence-electron chi connectivity index (χ4n) is 2.08. The Morgan fingerprint density at radius 1 is 1.33 bits per heavy atom. The van der Waals surface area contributed by atoms with E-state index < -0.39 is 6.10 Å². The van der Waals surface area contributed by atoms with E-state index in [-0.39, 0.29) is 24.3 Å². The van der Waals surface area contributed by atoms with Crippen molar-refractivity contribution in [3.05, 3.63) is 29.3 Å². The lowest BCUT2D eigenvalue weighted by molar-refractivity contribution is -0.124. The lowest BCUT2D eigenvalue weighted by atomic mass is 10.0. The molecule has 21 heavy (non-hydrogen) atoms. The van der Waals surface area contributed by atoms with Crippen molar-refractivity contribution in [3.8, 4) is 0 Å². The van der Waals surface area contributed by atoms with Gasteiger partial charge in [0.05, 0.1) is 27.7 Å². The summed E-state index contributed by atoms with van der Waals surface area (Å²) >= 11 is 1.66. The second-order valence-corrected chi connectivity index (χ2v) is 6.88. The molecule has 0 spiro atoms. The molecule has 1 amide bonds. The Hall–Kier alpha value is -1.46. The summed E-state index contributed by atoms with van der Waals surface area (Å²) in [4.78, 5) is 16.4. The van der Waals surface area contributed by atoms with E-state index in [1.165, 1.54) is 4.70 Å². The van der Waals surface area contributed by atoms with Crippen molar-refractivity contribution in [2.24, 2.45) is 5.92 Å². The Morgan fingerprint density at radius 3 is 2.71 bits per heavy atom. The second-order valence-electron chi connectivity index (χ2n) is 5.76. The number of carbonyl (C=O) groups is 1. The number of aromatic nitrogens is 1. The summed E-state index contributed by atoms with van der Waals surface area (Å²) in [6, 6.07) is 8.04. The number of nitrogens with zero attached hydrogens (tertiary/aromatic N) is 1. The maximum Gasteiger partial charge on any atom is 0.222 e. The minimum Gasteiger partial charge on any atom is -0.392 e. The summed E-state index contributed by atoms with van der Waals surface area (Å²) in [5, 5.41) is 13.7. The van der Waals surface area contributed by atoms with Crippen molar-refractivity contribution in [2.75, 3.05) is 0 Å². The number of carbonyl (C=O) groups excluding carboxylic acids is 1. The van der Waals surface area contributed by atoms with E-state index in [1.54, 1.807) is 11.3 Å². The first-order valence-corrected chi connectivity index (χ1v) is 8.09. The minimum atomic E-state index is -0.584. The first kappa shape index (κ1) is 15.9. The summed E-state index contributed by atoms with van der Waals surface area (Å²) in [6.45, 7) is 5.77. The molecule has 114 valence electrons. The molecule has 0 aliphatic rings. The third-order valence-electron chi connectivity index (χ3n) is 3.39. The highest BCUT2D eigenvalue weighted by molar-refractivity contribution is 7.18. The third-order valence-corrected chi connectivity index (χ3v) is 4.45. The zero-order valence-electron chi connectivity index (χ0n) is 12.7. The van der Waals surface area contributed by atoms with Crippen LogP contribution in [0.1, 0.15) is 32.2 Å². The second kappa shape index (κ2) is 7.00. The number of para-hydroxylation sites is 1. The molecule has 0 aliphatic carbocycles. The van der Waals surface area contributed by atoms with Crippen LogP contribution in [0.15, 0.2) is 24.3 Å².